The molecule has 0 fully saturated rings. The number of benzene rings is 6. The van der Waals surface area contributed by atoms with Crippen molar-refractivity contribution in [3.63, 3.8) is 0 Å². The summed E-state index contributed by atoms with van der Waals surface area (Å²) in [5.74, 6) is -0.159. The quantitative estimate of drug-likeness (QED) is 0.0361. The van der Waals surface area contributed by atoms with E-state index in [9.17, 15) is 115 Å². The van der Waals surface area contributed by atoms with Gasteiger partial charge in [-0.25, -0.2) is 9.78 Å². The lowest BCUT2D eigenvalue weighted by Crippen LogP contribution is -2.75. The number of alkyl halides is 24. The smallest absolute Gasteiger partial charge is 0.416 e. The molecule has 0 amide bonds. The van der Waals surface area contributed by atoms with Crippen molar-refractivity contribution in [3.8, 4) is 5.75 Å². The molecule has 436 valence electrons. The second-order valence-electron chi connectivity index (χ2n) is 17.8. The van der Waals surface area contributed by atoms with E-state index in [2.05, 4.69) is 4.98 Å². The highest BCUT2D eigenvalue weighted by Crippen LogP contribution is 2.41. The van der Waals surface area contributed by atoms with Gasteiger partial charge in [-0.05, 0) is 43.3 Å². The van der Waals surface area contributed by atoms with E-state index < -0.39 is 201 Å². The largest absolute Gasteiger partial charge is 0.422 e. The van der Waals surface area contributed by atoms with Gasteiger partial charge in [0.1, 0.15) is 11.9 Å². The number of ketones is 1. The van der Waals surface area contributed by atoms with E-state index in [0.717, 1.165) is 5.56 Å². The Kier molecular flexibility index (Phi) is 17.2. The van der Waals surface area contributed by atoms with Crippen molar-refractivity contribution in [3.05, 3.63) is 207 Å². The van der Waals surface area contributed by atoms with Gasteiger partial charge in [0.05, 0.1) is 50.7 Å². The fourth-order valence-corrected chi connectivity index (χ4v) is 8.35. The Bertz CT molecular complexity index is 3030. The van der Waals surface area contributed by atoms with Gasteiger partial charge in [0.25, 0.3) is 0 Å². The Balaban J connectivity index is 0.000000357. The number of carbonyl (C=O) groups excluding carboxylic acids is 2. The first kappa shape index (κ1) is 63.1. The van der Waals surface area contributed by atoms with E-state index in [1.807, 2.05) is 37.3 Å². The van der Waals surface area contributed by atoms with Crippen LogP contribution in [0.5, 0.6) is 5.75 Å². The number of halogens is 24. The van der Waals surface area contributed by atoms with Gasteiger partial charge in [0, 0.05) is 5.56 Å². The van der Waals surface area contributed by atoms with Crippen molar-refractivity contribution < 1.29 is 124 Å². The maximum atomic E-state index is 14.2. The first-order valence-electron chi connectivity index (χ1n) is 22.5. The molecule has 1 aromatic heterocycles. The molecular formula is C52H29BF24N2O3. The predicted molar refractivity (Wildman–Crippen MR) is 241 cm³/mol. The van der Waals surface area contributed by atoms with Crippen LogP contribution < -0.4 is 31.2 Å². The highest BCUT2D eigenvalue weighted by molar-refractivity contribution is 7.20. The second kappa shape index (κ2) is 22.3. The predicted octanol–water partition coefficient (Wildman–Crippen LogP) is 14.0. The molecule has 0 aliphatic carbocycles. The maximum absolute atomic E-state index is 14.2. The van der Waals surface area contributed by atoms with Gasteiger partial charge < -0.3 is 4.74 Å². The number of Topliss-reactive ketones (excluding diaryl/α,β-unsaturated/α-hetero) is 1. The average Bonchev–Trinajstić information content (AvgIpc) is 1.06. The van der Waals surface area contributed by atoms with Crippen LogP contribution in [-0.4, -0.2) is 22.9 Å². The summed E-state index contributed by atoms with van der Waals surface area (Å²) in [5, 5.41) is 0. The highest BCUT2D eigenvalue weighted by Gasteiger charge is 2.47. The summed E-state index contributed by atoms with van der Waals surface area (Å²) in [5.41, 5.74) is -28.4. The van der Waals surface area contributed by atoms with Gasteiger partial charge in [0.2, 0.25) is 24.2 Å². The third kappa shape index (κ3) is 14.9. The van der Waals surface area contributed by atoms with Crippen molar-refractivity contribution in [2.45, 2.75) is 62.9 Å². The summed E-state index contributed by atoms with van der Waals surface area (Å²) in [4.78, 5) is 28.5. The van der Waals surface area contributed by atoms with E-state index in [1.54, 1.807) is 35.0 Å². The number of hydrogen-bond donors (Lipinski definition) is 0. The molecule has 0 unspecified atom stereocenters. The van der Waals surface area contributed by atoms with Crippen molar-refractivity contribution in [2.24, 2.45) is 0 Å². The lowest BCUT2D eigenvalue weighted by Gasteiger charge is -2.46. The van der Waals surface area contributed by atoms with Gasteiger partial charge >= 0.3 is 55.4 Å². The summed E-state index contributed by atoms with van der Waals surface area (Å²) in [6.45, 7) is 2.08. The summed E-state index contributed by atoms with van der Waals surface area (Å²) in [7, 11) is 0. The van der Waals surface area contributed by atoms with E-state index in [-0.39, 0.29) is 18.0 Å². The van der Waals surface area contributed by atoms with Gasteiger partial charge in [-0.3, -0.25) is 4.79 Å². The molecule has 0 saturated carbocycles. The van der Waals surface area contributed by atoms with E-state index >= 15 is 0 Å². The third-order valence-electron chi connectivity index (χ3n) is 12.1. The summed E-state index contributed by atoms with van der Waals surface area (Å²) < 4.78 is 348. The molecular weight excluding hydrogens is 1170 g/mol. The zero-order valence-corrected chi connectivity index (χ0v) is 40.3. The molecule has 6 aromatic carbocycles. The number of esters is 1. The highest BCUT2D eigenvalue weighted by atomic mass is 19.4. The van der Waals surface area contributed by atoms with Crippen LogP contribution in [0.25, 0.3) is 0 Å². The maximum Gasteiger partial charge on any atom is 0.416 e. The van der Waals surface area contributed by atoms with Crippen LogP contribution in [-0.2, 0) is 56.0 Å². The zero-order chi connectivity index (χ0) is 61.6. The van der Waals surface area contributed by atoms with E-state index in [4.69, 9.17) is 4.74 Å². The number of rotatable bonds is 9. The van der Waals surface area contributed by atoms with E-state index in [1.165, 1.54) is 12.4 Å². The Morgan fingerprint density at radius 3 is 1.00 bits per heavy atom. The molecule has 30 heteroatoms. The number of aromatic nitrogens is 2. The SMILES string of the molecule is Cc1ccc(OC(=O)c2c[n+](CC(=O)c3ccccc3)ccn2)cc1.FC(F)(F)c1cc([B-](c2cc(C(F)(F)F)cc(C(F)(F)F)c2)(c2cc(C(F)(F)F)cc(C(F)(F)F)c2)c2cc(C(F)(F)F)cc(C(F)(F)F)c2)cc(C(F)(F)F)c1. The molecule has 5 nitrogen and oxygen atoms in total. The van der Waals surface area contributed by atoms with Crippen LogP contribution in [0.3, 0.4) is 0 Å². The molecule has 0 spiro atoms. The second-order valence-corrected chi connectivity index (χ2v) is 17.8. The monoisotopic (exact) mass is 1200 g/mol. The lowest BCUT2D eigenvalue weighted by atomic mass is 9.12. The molecule has 0 radical (unpaired) electrons. The minimum Gasteiger partial charge on any atom is -0.422 e. The molecule has 0 bridgehead atoms. The lowest BCUT2D eigenvalue weighted by molar-refractivity contribution is -0.683. The summed E-state index contributed by atoms with van der Waals surface area (Å²) in [6, 6.07) is 7.37. The van der Waals surface area contributed by atoms with Gasteiger partial charge in [-0.15, -0.1) is 0 Å². The minimum atomic E-state index is -6.13. The van der Waals surface area contributed by atoms with Crippen molar-refractivity contribution >= 4 is 39.7 Å². The fraction of sp³-hybridized carbons (Fsp3) is 0.192. The Hall–Kier alpha value is -8.08. The standard InChI is InChI=1S/C32H12BF24.C20H17N2O3/c34-25(35,36)13-1-14(26(37,38)39)6-21(5-13)33(22-7-15(27(40,41)42)2-16(8-22)28(43,44)45,23-9-17(29(46,47)48)3-18(10-23)30(49,50)51)24-11-19(31(52,53)54)4-20(12-24)32(55,56)57;1-15-7-9-17(10-8-15)25-20(24)18-13-22(12-11-21-18)14-19(23)16-5-3-2-4-6-16/h1-12H;2-13H,14H2,1H3/q-1;+1. The van der Waals surface area contributed by atoms with Crippen LogP contribution >= 0.6 is 0 Å². The van der Waals surface area contributed by atoms with Gasteiger partial charge in [-0.2, -0.15) is 132 Å². The van der Waals surface area contributed by atoms with Crippen LogP contribution in [0.1, 0.15) is 70.9 Å². The zero-order valence-electron chi connectivity index (χ0n) is 40.3. The summed E-state index contributed by atoms with van der Waals surface area (Å²) >= 11 is 0. The summed E-state index contributed by atoms with van der Waals surface area (Å²) in [6.07, 6.45) is -50.2. The Morgan fingerprint density at radius 2 is 0.720 bits per heavy atom. The topological polar surface area (TPSA) is 60.1 Å². The number of carbonyl (C=O) groups is 2. The van der Waals surface area contributed by atoms with Crippen LogP contribution in [0.2, 0.25) is 0 Å². The molecule has 1 heterocycles. The first-order chi connectivity index (χ1) is 37.4. The number of nitrogens with zero attached hydrogens (tertiary/aromatic N) is 2. The third-order valence-corrected chi connectivity index (χ3v) is 12.1. The molecule has 82 heavy (non-hydrogen) atoms. The molecule has 0 saturated heterocycles. The van der Waals surface area contributed by atoms with Crippen LogP contribution in [0, 0.1) is 6.92 Å². The molecule has 7 aromatic rings. The van der Waals surface area contributed by atoms with Gasteiger partial charge in [-0.1, -0.05) is 96.6 Å². The number of ether oxygens (including phenoxy) is 1. The van der Waals surface area contributed by atoms with Crippen molar-refractivity contribution in [1.82, 2.24) is 4.98 Å². The molecule has 0 atom stereocenters. The first-order valence-corrected chi connectivity index (χ1v) is 22.5. The normalized spacial score (nSPS) is 13.1. The van der Waals surface area contributed by atoms with E-state index in [0.29, 0.717) is 11.3 Å². The van der Waals surface area contributed by atoms with Crippen LogP contribution in [0.15, 0.2) is 146 Å². The number of hydrogen-bond acceptors (Lipinski definition) is 4. The van der Waals surface area contributed by atoms with Crippen molar-refractivity contribution in [2.75, 3.05) is 0 Å². The molecule has 0 N–H and O–H groups in total. The molecule has 0 aliphatic heterocycles. The average molecular weight is 1200 g/mol. The Morgan fingerprint density at radius 1 is 0.427 bits per heavy atom. The van der Waals surface area contributed by atoms with Crippen molar-refractivity contribution in [1.29, 1.82) is 0 Å². The van der Waals surface area contributed by atoms with Crippen LogP contribution in [0.4, 0.5) is 105 Å². The number of aryl methyl sites for hydroxylation is 1. The van der Waals surface area contributed by atoms with Gasteiger partial charge in [0.15, 0.2) is 6.20 Å². The molecule has 0 aliphatic rings. The Labute approximate surface area is 444 Å². The minimum absolute atomic E-state index is 0.0466. The fourth-order valence-electron chi connectivity index (χ4n) is 8.35. The molecule has 7 rings (SSSR count).